The molecule has 5 heteroatoms. The Balaban J connectivity index is 1.86. The molecule has 3 nitrogen and oxygen atoms in total. The smallest absolute Gasteiger partial charge is 0.234 e. The Bertz CT molecular complexity index is 423. The molecule has 0 atom stereocenters. The predicted molar refractivity (Wildman–Crippen MR) is 81.9 cm³/mol. The maximum atomic E-state index is 11.3. The average molecular weight is 282 g/mol. The number of hydrogen-bond acceptors (Lipinski definition) is 4. The third-order valence-electron chi connectivity index (χ3n) is 2.72. The molecule has 1 heterocycles. The molecule has 2 rings (SSSR count). The van der Waals surface area contributed by atoms with E-state index in [0.29, 0.717) is 5.75 Å². The number of amides is 1. The molecule has 0 saturated carbocycles. The summed E-state index contributed by atoms with van der Waals surface area (Å²) in [4.78, 5) is 12.5. The van der Waals surface area contributed by atoms with E-state index >= 15 is 0 Å². The fourth-order valence-electron chi connectivity index (χ4n) is 1.80. The second-order valence-electron chi connectivity index (χ2n) is 4.17. The largest absolute Gasteiger partial charge is 0.385 e. The highest BCUT2D eigenvalue weighted by Crippen LogP contribution is 2.33. The molecule has 1 aromatic carbocycles. The van der Waals surface area contributed by atoms with Crippen LogP contribution in [-0.4, -0.2) is 30.2 Å². The van der Waals surface area contributed by atoms with Crippen LogP contribution in [0.5, 0.6) is 0 Å². The number of fused-ring (bicyclic) bond motifs is 1. The summed E-state index contributed by atoms with van der Waals surface area (Å²) < 4.78 is 0. The predicted octanol–water partition coefficient (Wildman–Crippen LogP) is 3.29. The molecule has 98 valence electrons. The number of benzene rings is 1. The van der Waals surface area contributed by atoms with Gasteiger partial charge in [-0.3, -0.25) is 4.79 Å². The van der Waals surface area contributed by atoms with Gasteiger partial charge in [0.25, 0.3) is 0 Å². The summed E-state index contributed by atoms with van der Waals surface area (Å²) in [5.41, 5.74) is 2.02. The number of thioether (sulfide) groups is 2. The van der Waals surface area contributed by atoms with Gasteiger partial charge in [0.1, 0.15) is 0 Å². The van der Waals surface area contributed by atoms with E-state index in [-0.39, 0.29) is 5.91 Å². The first-order valence-electron chi connectivity index (χ1n) is 6.09. The number of unbranched alkanes of at least 4 members (excludes halogenated alkanes) is 1. The Morgan fingerprint density at radius 3 is 3.17 bits per heavy atom. The Kier molecular flexibility index (Phi) is 5.26. The summed E-state index contributed by atoms with van der Waals surface area (Å²) in [6, 6.07) is 6.18. The number of anilines is 2. The van der Waals surface area contributed by atoms with Crippen molar-refractivity contribution in [3.63, 3.8) is 0 Å². The molecule has 18 heavy (non-hydrogen) atoms. The van der Waals surface area contributed by atoms with Gasteiger partial charge in [-0.05, 0) is 43.0 Å². The van der Waals surface area contributed by atoms with Crippen molar-refractivity contribution in [2.24, 2.45) is 0 Å². The Hall–Kier alpha value is -0.810. The van der Waals surface area contributed by atoms with Gasteiger partial charge in [-0.15, -0.1) is 11.8 Å². The molecule has 0 fully saturated rings. The molecule has 1 aliphatic rings. The lowest BCUT2D eigenvalue weighted by Gasteiger charge is -2.17. The maximum absolute atomic E-state index is 11.3. The molecule has 1 aromatic rings. The first kappa shape index (κ1) is 13.6. The molecule has 0 aliphatic carbocycles. The van der Waals surface area contributed by atoms with Gasteiger partial charge in [-0.2, -0.15) is 11.8 Å². The zero-order valence-corrected chi connectivity index (χ0v) is 12.1. The Morgan fingerprint density at radius 2 is 2.33 bits per heavy atom. The van der Waals surface area contributed by atoms with Gasteiger partial charge in [0.15, 0.2) is 0 Å². The first-order valence-corrected chi connectivity index (χ1v) is 8.47. The Labute approximate surface area is 116 Å². The summed E-state index contributed by atoms with van der Waals surface area (Å²) in [7, 11) is 0. The fourth-order valence-corrected chi connectivity index (χ4v) is 3.08. The van der Waals surface area contributed by atoms with Gasteiger partial charge in [0.2, 0.25) is 5.91 Å². The molecule has 0 saturated heterocycles. The number of nitrogens with one attached hydrogen (secondary N) is 2. The van der Waals surface area contributed by atoms with Crippen LogP contribution in [0.2, 0.25) is 0 Å². The van der Waals surface area contributed by atoms with Gasteiger partial charge < -0.3 is 10.6 Å². The highest BCUT2D eigenvalue weighted by atomic mass is 32.2. The summed E-state index contributed by atoms with van der Waals surface area (Å²) in [6.45, 7) is 0.987. The standard InChI is InChI=1S/C13H18N2OS2/c1-17-7-3-2-6-14-10-4-5-12-11(8-10)15-13(16)9-18-12/h4-5,8,14H,2-3,6-7,9H2,1H3,(H,15,16). The minimum absolute atomic E-state index is 0.0876. The van der Waals surface area contributed by atoms with E-state index < -0.39 is 0 Å². The van der Waals surface area contributed by atoms with Crippen LogP contribution in [0.4, 0.5) is 11.4 Å². The minimum atomic E-state index is 0.0876. The minimum Gasteiger partial charge on any atom is -0.385 e. The average Bonchev–Trinajstić information content (AvgIpc) is 2.38. The zero-order chi connectivity index (χ0) is 12.8. The van der Waals surface area contributed by atoms with E-state index in [1.807, 2.05) is 17.8 Å². The van der Waals surface area contributed by atoms with Crippen LogP contribution >= 0.6 is 23.5 Å². The topological polar surface area (TPSA) is 41.1 Å². The molecular formula is C13H18N2OS2. The molecule has 2 N–H and O–H groups in total. The molecule has 1 amide bonds. The lowest BCUT2D eigenvalue weighted by atomic mass is 10.2. The molecule has 0 aromatic heterocycles. The second-order valence-corrected chi connectivity index (χ2v) is 6.18. The van der Waals surface area contributed by atoms with Gasteiger partial charge in [-0.1, -0.05) is 0 Å². The number of carbonyl (C=O) groups excluding carboxylic acids is 1. The normalized spacial score (nSPS) is 13.9. The molecular weight excluding hydrogens is 264 g/mol. The van der Waals surface area contributed by atoms with Crippen molar-refractivity contribution < 1.29 is 4.79 Å². The van der Waals surface area contributed by atoms with Gasteiger partial charge >= 0.3 is 0 Å². The van der Waals surface area contributed by atoms with Crippen LogP contribution in [0.3, 0.4) is 0 Å². The summed E-state index contributed by atoms with van der Waals surface area (Å²) >= 11 is 3.49. The molecule has 0 spiro atoms. The van der Waals surface area contributed by atoms with Crippen molar-refractivity contribution in [3.8, 4) is 0 Å². The summed E-state index contributed by atoms with van der Waals surface area (Å²) in [5.74, 6) is 1.83. The monoisotopic (exact) mass is 282 g/mol. The van der Waals surface area contributed by atoms with E-state index in [1.165, 1.54) is 18.6 Å². The third kappa shape index (κ3) is 3.85. The molecule has 0 unspecified atom stereocenters. The maximum Gasteiger partial charge on any atom is 0.234 e. The molecule has 1 aliphatic heterocycles. The highest BCUT2D eigenvalue weighted by Gasteiger charge is 2.15. The van der Waals surface area contributed by atoms with E-state index in [1.54, 1.807) is 11.8 Å². The summed E-state index contributed by atoms with van der Waals surface area (Å²) in [5, 5.41) is 6.31. The first-order chi connectivity index (χ1) is 8.79. The lowest BCUT2D eigenvalue weighted by molar-refractivity contribution is -0.113. The quantitative estimate of drug-likeness (QED) is 0.786. The van der Waals surface area contributed by atoms with Crippen LogP contribution < -0.4 is 10.6 Å². The van der Waals surface area contributed by atoms with E-state index in [2.05, 4.69) is 29.0 Å². The van der Waals surface area contributed by atoms with Crippen molar-refractivity contribution in [1.29, 1.82) is 0 Å². The van der Waals surface area contributed by atoms with Crippen LogP contribution in [0.15, 0.2) is 23.1 Å². The van der Waals surface area contributed by atoms with Crippen molar-refractivity contribution >= 4 is 40.8 Å². The lowest BCUT2D eigenvalue weighted by Crippen LogP contribution is -2.18. The van der Waals surface area contributed by atoms with E-state index in [9.17, 15) is 4.79 Å². The van der Waals surface area contributed by atoms with Crippen molar-refractivity contribution in [2.45, 2.75) is 17.7 Å². The van der Waals surface area contributed by atoms with Crippen LogP contribution in [-0.2, 0) is 4.79 Å². The highest BCUT2D eigenvalue weighted by molar-refractivity contribution is 8.00. The van der Waals surface area contributed by atoms with Gasteiger partial charge in [0.05, 0.1) is 11.4 Å². The number of carbonyl (C=O) groups is 1. The molecule has 0 radical (unpaired) electrons. The zero-order valence-electron chi connectivity index (χ0n) is 10.5. The number of rotatable bonds is 6. The molecule has 0 bridgehead atoms. The summed E-state index contributed by atoms with van der Waals surface area (Å²) in [6.07, 6.45) is 4.56. The SMILES string of the molecule is CSCCCCNc1ccc2c(c1)NC(=O)CS2. The second kappa shape index (κ2) is 6.95. The van der Waals surface area contributed by atoms with Crippen molar-refractivity contribution in [1.82, 2.24) is 0 Å². The third-order valence-corrected chi connectivity index (χ3v) is 4.49. The van der Waals surface area contributed by atoms with E-state index in [4.69, 9.17) is 0 Å². The van der Waals surface area contributed by atoms with Crippen LogP contribution in [0.25, 0.3) is 0 Å². The Morgan fingerprint density at radius 1 is 1.44 bits per heavy atom. The van der Waals surface area contributed by atoms with Crippen LogP contribution in [0, 0.1) is 0 Å². The fraction of sp³-hybridized carbons (Fsp3) is 0.462. The van der Waals surface area contributed by atoms with Gasteiger partial charge in [0, 0.05) is 17.1 Å². The van der Waals surface area contributed by atoms with E-state index in [0.717, 1.165) is 22.8 Å². The van der Waals surface area contributed by atoms with Gasteiger partial charge in [-0.25, -0.2) is 0 Å². The van der Waals surface area contributed by atoms with Crippen molar-refractivity contribution in [3.05, 3.63) is 18.2 Å². The van der Waals surface area contributed by atoms with Crippen LogP contribution in [0.1, 0.15) is 12.8 Å². The van der Waals surface area contributed by atoms with Crippen molar-refractivity contribution in [2.75, 3.05) is 34.9 Å². The number of hydrogen-bond donors (Lipinski definition) is 2.